The number of thiophene rings is 1. The molecule has 0 spiro atoms. The first-order valence-corrected chi connectivity index (χ1v) is 13.5. The molecule has 1 aromatic heterocycles. The maximum atomic E-state index is 13.4. The van der Waals surface area contributed by atoms with E-state index in [0.717, 1.165) is 52.2 Å². The van der Waals surface area contributed by atoms with Crippen molar-refractivity contribution in [3.8, 4) is 0 Å². The number of hydrogen-bond donors (Lipinski definition) is 1. The lowest BCUT2D eigenvalue weighted by atomic mass is 9.95. The summed E-state index contributed by atoms with van der Waals surface area (Å²) in [7, 11) is -3.73. The number of esters is 1. The molecule has 0 bridgehead atoms. The van der Waals surface area contributed by atoms with Crippen LogP contribution < -0.4 is 9.62 Å². The second-order valence-corrected chi connectivity index (χ2v) is 10.9. The van der Waals surface area contributed by atoms with Crippen molar-refractivity contribution in [3.05, 3.63) is 45.8 Å². The molecular weight excluding hydrogens is 448 g/mol. The number of ether oxygens (including phenoxy) is 1. The zero-order valence-electron chi connectivity index (χ0n) is 18.9. The zero-order valence-corrected chi connectivity index (χ0v) is 20.6. The van der Waals surface area contributed by atoms with Gasteiger partial charge in [0.25, 0.3) is 0 Å². The van der Waals surface area contributed by atoms with Crippen molar-refractivity contribution in [1.82, 2.24) is 0 Å². The SMILES string of the molecule is CCOC(=O)c1c(NC(=O)[C@H](CC)N(c2ccc(C)cc2)S(C)(=O)=O)sc2c1CCCC2. The Balaban J connectivity index is 1.97. The molecule has 2 aromatic rings. The highest BCUT2D eigenvalue weighted by molar-refractivity contribution is 7.92. The van der Waals surface area contributed by atoms with E-state index in [1.165, 1.54) is 11.3 Å². The topological polar surface area (TPSA) is 92.8 Å². The lowest BCUT2D eigenvalue weighted by Gasteiger charge is -2.30. The number of nitrogens with zero attached hydrogens (tertiary/aromatic N) is 1. The third-order valence-electron chi connectivity index (χ3n) is 5.51. The molecule has 32 heavy (non-hydrogen) atoms. The maximum Gasteiger partial charge on any atom is 0.341 e. The van der Waals surface area contributed by atoms with Gasteiger partial charge in [0.1, 0.15) is 11.0 Å². The summed E-state index contributed by atoms with van der Waals surface area (Å²) in [5.41, 5.74) is 2.77. The first-order chi connectivity index (χ1) is 15.2. The molecule has 7 nitrogen and oxygen atoms in total. The number of fused-ring (bicyclic) bond motifs is 1. The van der Waals surface area contributed by atoms with Gasteiger partial charge >= 0.3 is 5.97 Å². The molecule has 1 aliphatic rings. The van der Waals surface area contributed by atoms with Gasteiger partial charge in [0.2, 0.25) is 15.9 Å². The van der Waals surface area contributed by atoms with Gasteiger partial charge in [-0.25, -0.2) is 13.2 Å². The molecule has 9 heteroatoms. The maximum absolute atomic E-state index is 13.4. The Labute approximate surface area is 193 Å². The summed E-state index contributed by atoms with van der Waals surface area (Å²) in [6.07, 6.45) is 5.01. The molecule has 174 valence electrons. The van der Waals surface area contributed by atoms with Crippen molar-refractivity contribution in [2.24, 2.45) is 0 Å². The van der Waals surface area contributed by atoms with Crippen LogP contribution in [0.2, 0.25) is 0 Å². The summed E-state index contributed by atoms with van der Waals surface area (Å²) in [5, 5.41) is 3.31. The van der Waals surface area contributed by atoms with Gasteiger partial charge in [-0.05, 0) is 63.6 Å². The average molecular weight is 479 g/mol. The van der Waals surface area contributed by atoms with Crippen LogP contribution in [-0.2, 0) is 32.4 Å². The summed E-state index contributed by atoms with van der Waals surface area (Å²) in [6.45, 7) is 5.66. The molecule has 1 heterocycles. The van der Waals surface area contributed by atoms with Gasteiger partial charge in [-0.2, -0.15) is 0 Å². The van der Waals surface area contributed by atoms with Crippen LogP contribution in [0.4, 0.5) is 10.7 Å². The number of benzene rings is 1. The van der Waals surface area contributed by atoms with Gasteiger partial charge < -0.3 is 10.1 Å². The van der Waals surface area contributed by atoms with E-state index in [2.05, 4.69) is 5.32 Å². The molecule has 0 saturated heterocycles. The number of anilines is 2. The molecule has 0 aliphatic heterocycles. The molecule has 0 fully saturated rings. The summed E-state index contributed by atoms with van der Waals surface area (Å²) in [4.78, 5) is 27.1. The van der Waals surface area contributed by atoms with Crippen LogP contribution >= 0.6 is 11.3 Å². The van der Waals surface area contributed by atoms with E-state index >= 15 is 0 Å². The Morgan fingerprint density at radius 2 is 1.81 bits per heavy atom. The molecule has 1 atom stereocenters. The predicted molar refractivity (Wildman–Crippen MR) is 128 cm³/mol. The number of sulfonamides is 1. The van der Waals surface area contributed by atoms with Crippen molar-refractivity contribution < 1.29 is 22.7 Å². The number of amides is 1. The normalized spacial score (nSPS) is 14.4. The van der Waals surface area contributed by atoms with E-state index in [-0.39, 0.29) is 13.0 Å². The lowest BCUT2D eigenvalue weighted by Crippen LogP contribution is -2.47. The van der Waals surface area contributed by atoms with E-state index in [0.29, 0.717) is 16.3 Å². The molecule has 1 aromatic carbocycles. The molecular formula is C23H30N2O5S2. The van der Waals surface area contributed by atoms with Crippen LogP contribution in [0.25, 0.3) is 0 Å². The summed E-state index contributed by atoms with van der Waals surface area (Å²) < 4.78 is 31.7. The number of carbonyl (C=O) groups excluding carboxylic acids is 2. The third-order valence-corrected chi connectivity index (χ3v) is 7.89. The zero-order chi connectivity index (χ0) is 23.5. The average Bonchev–Trinajstić information content (AvgIpc) is 3.09. The lowest BCUT2D eigenvalue weighted by molar-refractivity contribution is -0.117. The minimum Gasteiger partial charge on any atom is -0.462 e. The van der Waals surface area contributed by atoms with E-state index in [9.17, 15) is 18.0 Å². The Morgan fingerprint density at radius 1 is 1.16 bits per heavy atom. The van der Waals surface area contributed by atoms with E-state index < -0.39 is 27.9 Å². The smallest absolute Gasteiger partial charge is 0.341 e. The molecule has 0 radical (unpaired) electrons. The number of nitrogens with one attached hydrogen (secondary N) is 1. The number of hydrogen-bond acceptors (Lipinski definition) is 6. The molecule has 0 saturated carbocycles. The van der Waals surface area contributed by atoms with Crippen molar-refractivity contribution in [1.29, 1.82) is 0 Å². The minimum absolute atomic E-state index is 0.240. The van der Waals surface area contributed by atoms with Crippen molar-refractivity contribution in [3.63, 3.8) is 0 Å². The van der Waals surface area contributed by atoms with Crippen LogP contribution in [0.15, 0.2) is 24.3 Å². The number of rotatable bonds is 8. The molecule has 0 unspecified atom stereocenters. The fraction of sp³-hybridized carbons (Fsp3) is 0.478. The Morgan fingerprint density at radius 3 is 2.41 bits per heavy atom. The largest absolute Gasteiger partial charge is 0.462 e. The quantitative estimate of drug-likeness (QED) is 0.571. The second-order valence-electron chi connectivity index (χ2n) is 7.94. The summed E-state index contributed by atoms with van der Waals surface area (Å²) >= 11 is 1.39. The van der Waals surface area contributed by atoms with Gasteiger partial charge in [0.05, 0.1) is 24.1 Å². The van der Waals surface area contributed by atoms with Gasteiger partial charge in [-0.15, -0.1) is 11.3 Å². The van der Waals surface area contributed by atoms with Gasteiger partial charge in [0, 0.05) is 4.88 Å². The highest BCUT2D eigenvalue weighted by atomic mass is 32.2. The van der Waals surface area contributed by atoms with E-state index in [1.807, 2.05) is 19.1 Å². The Kier molecular flexibility index (Phi) is 7.61. The molecule has 1 N–H and O–H groups in total. The molecule has 1 aliphatic carbocycles. The molecule has 1 amide bonds. The monoisotopic (exact) mass is 478 g/mol. The highest BCUT2D eigenvalue weighted by Crippen LogP contribution is 2.39. The highest BCUT2D eigenvalue weighted by Gasteiger charge is 2.34. The predicted octanol–water partition coefficient (Wildman–Crippen LogP) is 4.30. The fourth-order valence-electron chi connectivity index (χ4n) is 4.02. The van der Waals surface area contributed by atoms with Crippen molar-refractivity contribution in [2.45, 2.75) is 58.9 Å². The Bertz CT molecular complexity index is 1090. The van der Waals surface area contributed by atoms with Crippen LogP contribution in [0, 0.1) is 6.92 Å². The standard InChI is InChI=1S/C23H30N2O5S2/c1-5-18(25(32(4,28)29)16-13-11-15(3)12-14-16)21(26)24-22-20(23(27)30-6-2)17-9-7-8-10-19(17)31-22/h11-14,18H,5-10H2,1-4H3,(H,24,26)/t18-/m0/s1. The summed E-state index contributed by atoms with van der Waals surface area (Å²) in [6, 6.07) is 6.05. The van der Waals surface area contributed by atoms with Crippen LogP contribution in [0.3, 0.4) is 0 Å². The van der Waals surface area contributed by atoms with Crippen LogP contribution in [-0.4, -0.2) is 39.2 Å². The second kappa shape index (κ2) is 10.0. The van der Waals surface area contributed by atoms with Crippen LogP contribution in [0.5, 0.6) is 0 Å². The summed E-state index contributed by atoms with van der Waals surface area (Å²) in [5.74, 6) is -0.920. The van der Waals surface area contributed by atoms with Crippen molar-refractivity contribution in [2.75, 3.05) is 22.5 Å². The third kappa shape index (κ3) is 5.15. The first-order valence-electron chi connectivity index (χ1n) is 10.9. The van der Waals surface area contributed by atoms with E-state index in [1.54, 1.807) is 26.0 Å². The Hall–Kier alpha value is -2.39. The molecule has 3 rings (SSSR count). The van der Waals surface area contributed by atoms with Gasteiger partial charge in [-0.3, -0.25) is 9.10 Å². The number of carbonyl (C=O) groups is 2. The van der Waals surface area contributed by atoms with Crippen molar-refractivity contribution >= 4 is 43.9 Å². The fourth-order valence-corrected chi connectivity index (χ4v) is 6.51. The van der Waals surface area contributed by atoms with E-state index in [4.69, 9.17) is 4.74 Å². The minimum atomic E-state index is -3.73. The number of aryl methyl sites for hydroxylation is 2. The van der Waals surface area contributed by atoms with Gasteiger partial charge in [-0.1, -0.05) is 24.6 Å². The first kappa shape index (κ1) is 24.3. The van der Waals surface area contributed by atoms with Gasteiger partial charge in [0.15, 0.2) is 0 Å². The van der Waals surface area contributed by atoms with Crippen LogP contribution in [0.1, 0.15) is 59.5 Å².